The number of aryl methyl sites for hydroxylation is 1. The number of hydrogen-bond acceptors (Lipinski definition) is 2. The van der Waals surface area contributed by atoms with Crippen molar-refractivity contribution < 1.29 is 14.7 Å². The van der Waals surface area contributed by atoms with E-state index >= 15 is 0 Å². The molecule has 114 valence electrons. The van der Waals surface area contributed by atoms with E-state index in [1.165, 1.54) is 16.0 Å². The Kier molecular flexibility index (Phi) is 5.37. The maximum atomic E-state index is 12.3. The summed E-state index contributed by atoms with van der Waals surface area (Å²) in [6.07, 6.45) is 4.19. The van der Waals surface area contributed by atoms with Crippen LogP contribution in [-0.2, 0) is 22.4 Å². The number of carboxylic acid groups (broad SMARTS) is 1. The van der Waals surface area contributed by atoms with Crippen molar-refractivity contribution in [3.8, 4) is 0 Å². The number of fused-ring (bicyclic) bond motifs is 1. The molecule has 0 bridgehead atoms. The lowest BCUT2D eigenvalue weighted by Gasteiger charge is -2.27. The van der Waals surface area contributed by atoms with Crippen LogP contribution < -0.4 is 0 Å². The van der Waals surface area contributed by atoms with Crippen molar-refractivity contribution in [1.29, 1.82) is 0 Å². The average Bonchev–Trinajstić information content (AvgIpc) is 2.46. The summed E-state index contributed by atoms with van der Waals surface area (Å²) in [6.45, 7) is 2.30. The SMILES string of the molecule is CCCN(CC(=O)O)C(=O)CC1CCc2ccccc2C1. The van der Waals surface area contributed by atoms with Crippen molar-refractivity contribution in [3.63, 3.8) is 0 Å². The summed E-state index contributed by atoms with van der Waals surface area (Å²) in [5.41, 5.74) is 2.72. The number of aliphatic carboxylic acids is 1. The second kappa shape index (κ2) is 7.25. The molecular formula is C17H23NO3. The van der Waals surface area contributed by atoms with Crippen LogP contribution in [0.2, 0.25) is 0 Å². The highest BCUT2D eigenvalue weighted by molar-refractivity contribution is 5.81. The molecule has 2 rings (SSSR count). The molecule has 0 saturated heterocycles. The molecule has 0 aromatic heterocycles. The van der Waals surface area contributed by atoms with Gasteiger partial charge in [0.1, 0.15) is 6.54 Å². The van der Waals surface area contributed by atoms with E-state index in [9.17, 15) is 9.59 Å². The second-order valence-corrected chi connectivity index (χ2v) is 5.79. The normalized spacial score (nSPS) is 17.1. The largest absolute Gasteiger partial charge is 0.480 e. The predicted molar refractivity (Wildman–Crippen MR) is 81.1 cm³/mol. The van der Waals surface area contributed by atoms with Crippen LogP contribution in [-0.4, -0.2) is 35.0 Å². The van der Waals surface area contributed by atoms with Crippen molar-refractivity contribution in [2.24, 2.45) is 5.92 Å². The Labute approximate surface area is 125 Å². The molecule has 0 heterocycles. The van der Waals surface area contributed by atoms with Crippen molar-refractivity contribution in [3.05, 3.63) is 35.4 Å². The highest BCUT2D eigenvalue weighted by Gasteiger charge is 2.24. The van der Waals surface area contributed by atoms with Crippen LogP contribution in [0.25, 0.3) is 0 Å². The van der Waals surface area contributed by atoms with Crippen molar-refractivity contribution in [2.75, 3.05) is 13.1 Å². The Hall–Kier alpha value is -1.84. The number of amides is 1. The van der Waals surface area contributed by atoms with E-state index in [0.29, 0.717) is 18.9 Å². The van der Waals surface area contributed by atoms with Gasteiger partial charge in [-0.3, -0.25) is 9.59 Å². The first-order chi connectivity index (χ1) is 10.1. The molecule has 0 saturated carbocycles. The molecule has 1 aliphatic carbocycles. The fourth-order valence-corrected chi connectivity index (χ4v) is 3.05. The van der Waals surface area contributed by atoms with Gasteiger partial charge in [-0.15, -0.1) is 0 Å². The van der Waals surface area contributed by atoms with E-state index in [1.807, 2.05) is 13.0 Å². The number of hydrogen-bond donors (Lipinski definition) is 1. The molecule has 1 aromatic carbocycles. The quantitative estimate of drug-likeness (QED) is 0.875. The maximum Gasteiger partial charge on any atom is 0.323 e. The molecule has 0 radical (unpaired) electrons. The van der Waals surface area contributed by atoms with Crippen LogP contribution >= 0.6 is 0 Å². The van der Waals surface area contributed by atoms with E-state index in [1.54, 1.807) is 0 Å². The number of carbonyl (C=O) groups is 2. The summed E-state index contributed by atoms with van der Waals surface area (Å²) in [6, 6.07) is 8.38. The third-order valence-corrected chi connectivity index (χ3v) is 4.08. The predicted octanol–water partition coefficient (Wildman–Crippen LogP) is 2.50. The van der Waals surface area contributed by atoms with E-state index in [2.05, 4.69) is 18.2 Å². The highest BCUT2D eigenvalue weighted by Crippen LogP contribution is 2.27. The minimum Gasteiger partial charge on any atom is -0.480 e. The number of carbonyl (C=O) groups excluding carboxylic acids is 1. The lowest BCUT2D eigenvalue weighted by Crippen LogP contribution is -2.37. The van der Waals surface area contributed by atoms with E-state index in [-0.39, 0.29) is 12.5 Å². The Morgan fingerprint density at radius 1 is 1.29 bits per heavy atom. The van der Waals surface area contributed by atoms with E-state index in [4.69, 9.17) is 5.11 Å². The van der Waals surface area contributed by atoms with Gasteiger partial charge in [0.15, 0.2) is 0 Å². The summed E-state index contributed by atoms with van der Waals surface area (Å²) in [7, 11) is 0. The van der Waals surface area contributed by atoms with Gasteiger partial charge in [0.25, 0.3) is 0 Å². The number of nitrogens with zero attached hydrogens (tertiary/aromatic N) is 1. The minimum absolute atomic E-state index is 0.0244. The standard InChI is InChI=1S/C17H23NO3/c1-2-9-18(12-17(20)21)16(19)11-13-7-8-14-5-3-4-6-15(14)10-13/h3-6,13H,2,7-12H2,1H3,(H,20,21). The fraction of sp³-hybridized carbons (Fsp3) is 0.529. The highest BCUT2D eigenvalue weighted by atomic mass is 16.4. The van der Waals surface area contributed by atoms with Crippen LogP contribution in [0.3, 0.4) is 0 Å². The van der Waals surface area contributed by atoms with Gasteiger partial charge in [-0.25, -0.2) is 0 Å². The van der Waals surface area contributed by atoms with Crippen LogP contribution in [0.1, 0.15) is 37.3 Å². The van der Waals surface area contributed by atoms with Gasteiger partial charge >= 0.3 is 5.97 Å². The molecule has 4 nitrogen and oxygen atoms in total. The second-order valence-electron chi connectivity index (χ2n) is 5.79. The Balaban J connectivity index is 1.95. The molecule has 1 amide bonds. The van der Waals surface area contributed by atoms with Crippen LogP contribution in [0.4, 0.5) is 0 Å². The Morgan fingerprint density at radius 3 is 2.67 bits per heavy atom. The molecule has 1 atom stereocenters. The van der Waals surface area contributed by atoms with E-state index < -0.39 is 5.97 Å². The van der Waals surface area contributed by atoms with Crippen LogP contribution in [0.5, 0.6) is 0 Å². The molecule has 1 unspecified atom stereocenters. The third-order valence-electron chi connectivity index (χ3n) is 4.08. The zero-order chi connectivity index (χ0) is 15.2. The van der Waals surface area contributed by atoms with Crippen LogP contribution in [0.15, 0.2) is 24.3 Å². The molecular weight excluding hydrogens is 266 g/mol. The van der Waals surface area contributed by atoms with Crippen molar-refractivity contribution in [1.82, 2.24) is 4.90 Å². The van der Waals surface area contributed by atoms with Gasteiger partial charge in [-0.05, 0) is 42.7 Å². The van der Waals surface area contributed by atoms with Gasteiger partial charge in [0.2, 0.25) is 5.91 Å². The van der Waals surface area contributed by atoms with Crippen molar-refractivity contribution >= 4 is 11.9 Å². The number of rotatable bonds is 6. The lowest BCUT2D eigenvalue weighted by molar-refractivity contribution is -0.144. The van der Waals surface area contributed by atoms with Gasteiger partial charge in [0, 0.05) is 13.0 Å². The third kappa shape index (κ3) is 4.31. The first kappa shape index (κ1) is 15.5. The van der Waals surface area contributed by atoms with Crippen molar-refractivity contribution in [2.45, 2.75) is 39.0 Å². The lowest BCUT2D eigenvalue weighted by atomic mass is 9.82. The molecule has 1 aliphatic rings. The molecule has 1 aromatic rings. The summed E-state index contributed by atoms with van der Waals surface area (Å²) in [4.78, 5) is 24.6. The number of benzene rings is 1. The van der Waals surface area contributed by atoms with Crippen LogP contribution in [0, 0.1) is 5.92 Å². The summed E-state index contributed by atoms with van der Waals surface area (Å²) in [5, 5.41) is 8.90. The molecule has 21 heavy (non-hydrogen) atoms. The topological polar surface area (TPSA) is 57.6 Å². The molecule has 0 spiro atoms. The zero-order valence-corrected chi connectivity index (χ0v) is 12.5. The minimum atomic E-state index is -0.939. The first-order valence-electron chi connectivity index (χ1n) is 7.66. The Morgan fingerprint density at radius 2 is 2.00 bits per heavy atom. The van der Waals surface area contributed by atoms with Gasteiger partial charge in [0.05, 0.1) is 0 Å². The zero-order valence-electron chi connectivity index (χ0n) is 12.5. The Bertz CT molecular complexity index is 513. The summed E-state index contributed by atoms with van der Waals surface area (Å²) in [5.74, 6) is -0.630. The fourth-order valence-electron chi connectivity index (χ4n) is 3.05. The summed E-state index contributed by atoms with van der Waals surface area (Å²) >= 11 is 0. The van der Waals surface area contributed by atoms with E-state index in [0.717, 1.165) is 25.7 Å². The maximum absolute atomic E-state index is 12.3. The van der Waals surface area contributed by atoms with Gasteiger partial charge < -0.3 is 10.0 Å². The average molecular weight is 289 g/mol. The molecule has 0 aliphatic heterocycles. The molecule has 1 N–H and O–H groups in total. The molecule has 0 fully saturated rings. The first-order valence-corrected chi connectivity index (χ1v) is 7.66. The van der Waals surface area contributed by atoms with Gasteiger partial charge in [-0.2, -0.15) is 0 Å². The molecule has 4 heteroatoms. The summed E-state index contributed by atoms with van der Waals surface area (Å²) < 4.78 is 0. The smallest absolute Gasteiger partial charge is 0.323 e. The monoisotopic (exact) mass is 289 g/mol. The number of carboxylic acids is 1. The van der Waals surface area contributed by atoms with Gasteiger partial charge in [-0.1, -0.05) is 31.2 Å².